The largest absolute Gasteiger partial charge is 0.391 e. The van der Waals surface area contributed by atoms with E-state index in [9.17, 15) is 13.5 Å². The number of aliphatic hydroxyl groups excluding tert-OH is 1. The molecule has 1 heterocycles. The molecule has 108 valence electrons. The van der Waals surface area contributed by atoms with Crippen LogP contribution in [0.25, 0.3) is 0 Å². The van der Waals surface area contributed by atoms with Gasteiger partial charge in [-0.2, -0.15) is 4.31 Å². The Morgan fingerprint density at radius 3 is 2.53 bits per heavy atom. The van der Waals surface area contributed by atoms with Gasteiger partial charge in [0, 0.05) is 17.5 Å². The summed E-state index contributed by atoms with van der Waals surface area (Å²) in [5.74, 6) is 0.524. The minimum absolute atomic E-state index is 0.0365. The van der Waals surface area contributed by atoms with Crippen molar-refractivity contribution in [3.8, 4) is 0 Å². The summed E-state index contributed by atoms with van der Waals surface area (Å²) < 4.78 is 27.3. The van der Waals surface area contributed by atoms with E-state index in [2.05, 4.69) is 0 Å². The lowest BCUT2D eigenvalue weighted by atomic mass is 10.3. The molecule has 0 aliphatic heterocycles. The second kappa shape index (κ2) is 5.52. The van der Waals surface area contributed by atoms with Gasteiger partial charge in [-0.15, -0.1) is 11.3 Å². The molecule has 6 heteroatoms. The summed E-state index contributed by atoms with van der Waals surface area (Å²) in [4.78, 5) is 0.730. The first-order valence-electron chi connectivity index (χ1n) is 6.58. The maximum absolute atomic E-state index is 12.7. The molecule has 1 saturated carbocycles. The lowest BCUT2D eigenvalue weighted by Gasteiger charge is -2.25. The first-order chi connectivity index (χ1) is 8.86. The third kappa shape index (κ3) is 3.18. The number of nitrogens with zero attached hydrogens (tertiary/aromatic N) is 1. The Morgan fingerprint density at radius 1 is 1.47 bits per heavy atom. The van der Waals surface area contributed by atoms with Crippen LogP contribution >= 0.6 is 11.3 Å². The van der Waals surface area contributed by atoms with Gasteiger partial charge >= 0.3 is 0 Å². The number of thiophene rings is 1. The SMILES string of the molecule is Cc1cc(S(=O)(=O)N(CC2CC2)C(C)C)sc1CO. The monoisotopic (exact) mass is 303 g/mol. The van der Waals surface area contributed by atoms with Crippen LogP contribution in [0.4, 0.5) is 0 Å². The van der Waals surface area contributed by atoms with Gasteiger partial charge in [0.15, 0.2) is 0 Å². The predicted octanol–water partition coefficient (Wildman–Crippen LogP) is 2.36. The molecular weight excluding hydrogens is 282 g/mol. The van der Waals surface area contributed by atoms with Crippen molar-refractivity contribution in [2.75, 3.05) is 6.54 Å². The van der Waals surface area contributed by atoms with E-state index in [0.29, 0.717) is 16.7 Å². The smallest absolute Gasteiger partial charge is 0.252 e. The highest BCUT2D eigenvalue weighted by atomic mass is 32.2. The van der Waals surface area contributed by atoms with Gasteiger partial charge in [0.2, 0.25) is 0 Å². The molecule has 2 rings (SSSR count). The van der Waals surface area contributed by atoms with Gasteiger partial charge < -0.3 is 5.11 Å². The molecule has 4 nitrogen and oxygen atoms in total. The maximum Gasteiger partial charge on any atom is 0.252 e. The molecule has 0 bridgehead atoms. The van der Waals surface area contributed by atoms with Crippen molar-refractivity contribution in [2.24, 2.45) is 5.92 Å². The fourth-order valence-electron chi connectivity index (χ4n) is 2.03. The minimum atomic E-state index is -3.43. The van der Waals surface area contributed by atoms with Crippen LogP contribution in [0.2, 0.25) is 0 Å². The molecule has 0 radical (unpaired) electrons. The van der Waals surface area contributed by atoms with Crippen LogP contribution in [-0.4, -0.2) is 30.4 Å². The summed E-state index contributed by atoms with van der Waals surface area (Å²) in [7, 11) is -3.43. The number of aryl methyl sites for hydroxylation is 1. The van der Waals surface area contributed by atoms with Crippen molar-refractivity contribution < 1.29 is 13.5 Å². The van der Waals surface area contributed by atoms with Crippen molar-refractivity contribution >= 4 is 21.4 Å². The van der Waals surface area contributed by atoms with Crippen molar-refractivity contribution in [3.63, 3.8) is 0 Å². The Hall–Kier alpha value is -0.430. The van der Waals surface area contributed by atoms with Crippen LogP contribution in [0, 0.1) is 12.8 Å². The number of hydrogen-bond acceptors (Lipinski definition) is 4. The van der Waals surface area contributed by atoms with Crippen molar-refractivity contribution in [1.82, 2.24) is 4.31 Å². The van der Waals surface area contributed by atoms with Gasteiger partial charge in [-0.1, -0.05) is 0 Å². The molecule has 1 fully saturated rings. The average molecular weight is 303 g/mol. The Morgan fingerprint density at radius 2 is 2.11 bits per heavy atom. The Balaban J connectivity index is 2.31. The highest BCUT2D eigenvalue weighted by Gasteiger charge is 2.34. The fraction of sp³-hybridized carbons (Fsp3) is 0.692. The maximum atomic E-state index is 12.7. The lowest BCUT2D eigenvalue weighted by Crippen LogP contribution is -2.38. The zero-order valence-electron chi connectivity index (χ0n) is 11.6. The number of aliphatic hydroxyl groups is 1. The average Bonchev–Trinajstić information content (AvgIpc) is 3.07. The summed E-state index contributed by atoms with van der Waals surface area (Å²) in [6.07, 6.45) is 2.26. The van der Waals surface area contributed by atoms with Gasteiger partial charge in [-0.25, -0.2) is 8.42 Å². The summed E-state index contributed by atoms with van der Waals surface area (Å²) in [6.45, 7) is 6.17. The summed E-state index contributed by atoms with van der Waals surface area (Å²) >= 11 is 1.18. The van der Waals surface area contributed by atoms with E-state index in [4.69, 9.17) is 0 Å². The summed E-state index contributed by atoms with van der Waals surface area (Å²) in [6, 6.07) is 1.64. The summed E-state index contributed by atoms with van der Waals surface area (Å²) in [5, 5.41) is 9.20. The van der Waals surface area contributed by atoms with E-state index in [-0.39, 0.29) is 12.6 Å². The first kappa shape index (κ1) is 15.0. The minimum Gasteiger partial charge on any atom is -0.391 e. The van der Waals surface area contributed by atoms with Gasteiger partial charge in [0.25, 0.3) is 10.0 Å². The van der Waals surface area contributed by atoms with Crippen molar-refractivity contribution in [1.29, 1.82) is 0 Å². The van der Waals surface area contributed by atoms with E-state index < -0.39 is 10.0 Å². The number of rotatable bonds is 6. The van der Waals surface area contributed by atoms with Crippen LogP contribution in [0.1, 0.15) is 37.1 Å². The molecule has 0 amide bonds. The van der Waals surface area contributed by atoms with E-state index in [1.54, 1.807) is 10.4 Å². The zero-order valence-corrected chi connectivity index (χ0v) is 13.2. The predicted molar refractivity (Wildman–Crippen MR) is 76.7 cm³/mol. The van der Waals surface area contributed by atoms with Crippen LogP contribution in [-0.2, 0) is 16.6 Å². The van der Waals surface area contributed by atoms with Gasteiger partial charge in [0.1, 0.15) is 4.21 Å². The topological polar surface area (TPSA) is 57.6 Å². The molecule has 1 aromatic rings. The summed E-state index contributed by atoms with van der Waals surface area (Å²) in [5.41, 5.74) is 0.848. The third-order valence-electron chi connectivity index (χ3n) is 3.42. The van der Waals surface area contributed by atoms with Gasteiger partial charge in [-0.05, 0) is 51.2 Å². The van der Waals surface area contributed by atoms with Crippen LogP contribution in [0.3, 0.4) is 0 Å². The molecule has 0 unspecified atom stereocenters. The Labute approximate surface area is 119 Å². The van der Waals surface area contributed by atoms with E-state index >= 15 is 0 Å². The number of sulfonamides is 1. The number of hydrogen-bond donors (Lipinski definition) is 1. The van der Waals surface area contributed by atoms with E-state index in [1.165, 1.54) is 11.3 Å². The van der Waals surface area contributed by atoms with Crippen LogP contribution in [0.5, 0.6) is 0 Å². The van der Waals surface area contributed by atoms with Crippen molar-refractivity contribution in [2.45, 2.75) is 50.5 Å². The highest BCUT2D eigenvalue weighted by Crippen LogP contribution is 2.34. The molecule has 1 aliphatic carbocycles. The molecule has 1 N–H and O–H groups in total. The molecule has 0 spiro atoms. The third-order valence-corrected chi connectivity index (χ3v) is 7.13. The second-order valence-electron chi connectivity index (χ2n) is 5.44. The molecule has 0 atom stereocenters. The molecule has 0 saturated heterocycles. The first-order valence-corrected chi connectivity index (χ1v) is 8.84. The van der Waals surface area contributed by atoms with Crippen molar-refractivity contribution in [3.05, 3.63) is 16.5 Å². The van der Waals surface area contributed by atoms with Gasteiger partial charge in [-0.3, -0.25) is 0 Å². The van der Waals surface area contributed by atoms with E-state index in [0.717, 1.165) is 23.3 Å². The normalized spacial score (nSPS) is 16.5. The quantitative estimate of drug-likeness (QED) is 0.877. The molecule has 0 aromatic carbocycles. The molecule has 1 aromatic heterocycles. The Bertz CT molecular complexity index is 544. The van der Waals surface area contributed by atoms with Crippen LogP contribution < -0.4 is 0 Å². The highest BCUT2D eigenvalue weighted by molar-refractivity contribution is 7.91. The van der Waals surface area contributed by atoms with Crippen LogP contribution in [0.15, 0.2) is 10.3 Å². The molecular formula is C13H21NO3S2. The fourth-order valence-corrected chi connectivity index (χ4v) is 5.32. The second-order valence-corrected chi connectivity index (χ2v) is 8.70. The Kier molecular flexibility index (Phi) is 4.35. The molecule has 1 aliphatic rings. The van der Waals surface area contributed by atoms with E-state index in [1.807, 2.05) is 20.8 Å². The lowest BCUT2D eigenvalue weighted by molar-refractivity contribution is 0.285. The standard InChI is InChI=1S/C13H21NO3S2/c1-9(2)14(7-11-4-5-11)19(16,17)13-6-10(3)12(8-15)18-13/h6,9,11,15H,4-5,7-8H2,1-3H3. The van der Waals surface area contributed by atoms with Gasteiger partial charge in [0.05, 0.1) is 6.61 Å². The zero-order chi connectivity index (χ0) is 14.2. The molecule has 19 heavy (non-hydrogen) atoms.